The van der Waals surface area contributed by atoms with Gasteiger partial charge in [-0.3, -0.25) is 0 Å². The Kier molecular flexibility index (Phi) is 4.18. The lowest BCUT2D eigenvalue weighted by Gasteiger charge is -2.18. The third-order valence-corrected chi connectivity index (χ3v) is 3.93. The van der Waals surface area contributed by atoms with E-state index < -0.39 is 0 Å². The normalized spacial score (nSPS) is 19.4. The molecule has 1 aliphatic rings. The highest BCUT2D eigenvalue weighted by atomic mass is 32.2. The third kappa shape index (κ3) is 2.53. The summed E-state index contributed by atoms with van der Waals surface area (Å²) in [4.78, 5) is 1.12. The molecule has 0 aliphatic carbocycles. The summed E-state index contributed by atoms with van der Waals surface area (Å²) in [5.74, 6) is 1.89. The summed E-state index contributed by atoms with van der Waals surface area (Å²) in [5.41, 5.74) is 1.21. The van der Waals surface area contributed by atoms with E-state index in [0.717, 1.165) is 29.4 Å². The number of methoxy groups -OCH3 is 2. The first-order chi connectivity index (χ1) is 8.30. The third-order valence-electron chi connectivity index (χ3n) is 3.17. The quantitative estimate of drug-likeness (QED) is 0.836. The van der Waals surface area contributed by atoms with Gasteiger partial charge in [-0.25, -0.2) is 0 Å². The maximum absolute atomic E-state index is 5.49. The summed E-state index contributed by atoms with van der Waals surface area (Å²) in [6.45, 7) is 1.08. The highest BCUT2D eigenvalue weighted by molar-refractivity contribution is 7.98. The molecule has 94 valence electrons. The Hall–Kier alpha value is -0.870. The fraction of sp³-hybridized carbons (Fsp3) is 0.538. The molecule has 1 aromatic rings. The molecule has 0 aromatic heterocycles. The van der Waals surface area contributed by atoms with E-state index >= 15 is 0 Å². The molecule has 0 spiro atoms. The Balaban J connectivity index is 2.41. The molecule has 17 heavy (non-hydrogen) atoms. The second-order valence-corrected chi connectivity index (χ2v) is 4.95. The van der Waals surface area contributed by atoms with E-state index in [4.69, 9.17) is 9.47 Å². The van der Waals surface area contributed by atoms with Gasteiger partial charge in [-0.1, -0.05) is 0 Å². The molecule has 1 aromatic carbocycles. The summed E-state index contributed by atoms with van der Waals surface area (Å²) < 4.78 is 10.9. The van der Waals surface area contributed by atoms with E-state index in [1.165, 1.54) is 12.0 Å². The smallest absolute Gasteiger partial charge is 0.133 e. The zero-order chi connectivity index (χ0) is 12.3. The van der Waals surface area contributed by atoms with Crippen LogP contribution in [0, 0.1) is 0 Å². The minimum atomic E-state index is 0.398. The monoisotopic (exact) mass is 253 g/mol. The lowest BCUT2D eigenvalue weighted by atomic mass is 10.0. The van der Waals surface area contributed by atoms with Gasteiger partial charge in [-0.15, -0.1) is 11.8 Å². The zero-order valence-electron chi connectivity index (χ0n) is 10.6. The van der Waals surface area contributed by atoms with Gasteiger partial charge in [0.1, 0.15) is 11.5 Å². The highest BCUT2D eigenvalue weighted by Crippen LogP contribution is 2.39. The summed E-state index contributed by atoms with van der Waals surface area (Å²) in [7, 11) is 3.44. The summed E-state index contributed by atoms with van der Waals surface area (Å²) >= 11 is 1.68. The molecular formula is C13H19NO2S. The van der Waals surface area contributed by atoms with Crippen LogP contribution in [-0.4, -0.2) is 27.0 Å². The van der Waals surface area contributed by atoms with E-state index in [-0.39, 0.29) is 0 Å². The molecular weight excluding hydrogens is 234 g/mol. The lowest BCUT2D eigenvalue weighted by Crippen LogP contribution is -2.14. The minimum Gasteiger partial charge on any atom is -0.496 e. The van der Waals surface area contributed by atoms with Gasteiger partial charge < -0.3 is 14.8 Å². The van der Waals surface area contributed by atoms with Crippen LogP contribution in [0.4, 0.5) is 0 Å². The predicted molar refractivity (Wildman–Crippen MR) is 71.3 cm³/mol. The van der Waals surface area contributed by atoms with Crippen LogP contribution >= 0.6 is 11.8 Å². The topological polar surface area (TPSA) is 30.5 Å². The van der Waals surface area contributed by atoms with Crippen LogP contribution in [0.15, 0.2) is 17.0 Å². The van der Waals surface area contributed by atoms with Crippen molar-refractivity contribution in [3.05, 3.63) is 17.7 Å². The maximum atomic E-state index is 5.49. The molecule has 1 atom stereocenters. The molecule has 3 nitrogen and oxygen atoms in total. The second kappa shape index (κ2) is 5.65. The number of nitrogens with one attached hydrogen (secondary N) is 1. The number of hydrogen-bond donors (Lipinski definition) is 1. The number of thioether (sulfide) groups is 1. The molecule has 2 rings (SSSR count). The Morgan fingerprint density at radius 3 is 2.53 bits per heavy atom. The van der Waals surface area contributed by atoms with Gasteiger partial charge in [0.2, 0.25) is 0 Å². The van der Waals surface area contributed by atoms with Crippen LogP contribution in [0.5, 0.6) is 11.5 Å². The number of hydrogen-bond acceptors (Lipinski definition) is 4. The standard InChI is InChI=1S/C13H19NO2S/c1-15-11-8-13(17-3)12(16-2)7-9(11)10-5-4-6-14-10/h7-8,10,14H,4-6H2,1-3H3. The number of benzene rings is 1. The van der Waals surface area contributed by atoms with Crippen LogP contribution in [-0.2, 0) is 0 Å². The van der Waals surface area contributed by atoms with Gasteiger partial charge in [0.05, 0.1) is 19.1 Å². The molecule has 0 saturated carbocycles. The first-order valence-corrected chi connectivity index (χ1v) is 7.06. The van der Waals surface area contributed by atoms with E-state index in [9.17, 15) is 0 Å². The van der Waals surface area contributed by atoms with E-state index in [1.807, 2.05) is 6.26 Å². The van der Waals surface area contributed by atoms with Crippen LogP contribution < -0.4 is 14.8 Å². The fourth-order valence-corrected chi connectivity index (χ4v) is 2.84. The number of ether oxygens (including phenoxy) is 2. The van der Waals surface area contributed by atoms with Crippen molar-refractivity contribution in [2.45, 2.75) is 23.8 Å². The SMILES string of the molecule is COc1cc(C2CCCN2)c(OC)cc1SC. The Labute approximate surface area is 107 Å². The summed E-state index contributed by atoms with van der Waals surface area (Å²) in [5, 5.41) is 3.49. The molecule has 1 unspecified atom stereocenters. The molecule has 0 radical (unpaired) electrons. The van der Waals surface area contributed by atoms with Crippen LogP contribution in [0.2, 0.25) is 0 Å². The van der Waals surface area contributed by atoms with Crippen molar-refractivity contribution in [3.8, 4) is 11.5 Å². The average Bonchev–Trinajstić information content (AvgIpc) is 2.90. The summed E-state index contributed by atoms with van der Waals surface area (Å²) in [6, 6.07) is 4.57. The zero-order valence-corrected chi connectivity index (χ0v) is 11.4. The minimum absolute atomic E-state index is 0.398. The number of rotatable bonds is 4. The first kappa shape index (κ1) is 12.6. The highest BCUT2D eigenvalue weighted by Gasteiger charge is 2.21. The van der Waals surface area contributed by atoms with Gasteiger partial charge in [0, 0.05) is 11.6 Å². The van der Waals surface area contributed by atoms with Crippen molar-refractivity contribution in [1.29, 1.82) is 0 Å². The van der Waals surface area contributed by atoms with Crippen LogP contribution in [0.25, 0.3) is 0 Å². The predicted octanol–water partition coefficient (Wildman–Crippen LogP) is 2.85. The summed E-state index contributed by atoms with van der Waals surface area (Å²) in [6.07, 6.45) is 4.43. The molecule has 1 fully saturated rings. The van der Waals surface area contributed by atoms with Gasteiger partial charge in [0.25, 0.3) is 0 Å². The maximum Gasteiger partial charge on any atom is 0.133 e. The first-order valence-electron chi connectivity index (χ1n) is 5.83. The Morgan fingerprint density at radius 1 is 1.24 bits per heavy atom. The van der Waals surface area contributed by atoms with Crippen molar-refractivity contribution >= 4 is 11.8 Å². The van der Waals surface area contributed by atoms with Gasteiger partial charge >= 0.3 is 0 Å². The largest absolute Gasteiger partial charge is 0.496 e. The van der Waals surface area contributed by atoms with Gasteiger partial charge in [0.15, 0.2) is 0 Å². The Bertz CT molecular complexity index is 389. The van der Waals surface area contributed by atoms with Gasteiger partial charge in [-0.05, 0) is 37.8 Å². The van der Waals surface area contributed by atoms with E-state index in [1.54, 1.807) is 26.0 Å². The fourth-order valence-electron chi connectivity index (χ4n) is 2.28. The molecule has 1 aliphatic heterocycles. The molecule has 4 heteroatoms. The van der Waals surface area contributed by atoms with Crippen molar-refractivity contribution in [2.75, 3.05) is 27.0 Å². The molecule has 0 amide bonds. The average molecular weight is 253 g/mol. The van der Waals surface area contributed by atoms with Crippen molar-refractivity contribution < 1.29 is 9.47 Å². The molecule has 0 bridgehead atoms. The van der Waals surface area contributed by atoms with Crippen molar-refractivity contribution in [1.82, 2.24) is 5.32 Å². The molecule has 1 heterocycles. The second-order valence-electron chi connectivity index (χ2n) is 4.10. The van der Waals surface area contributed by atoms with E-state index in [0.29, 0.717) is 6.04 Å². The Morgan fingerprint density at radius 2 is 2.00 bits per heavy atom. The van der Waals surface area contributed by atoms with Crippen molar-refractivity contribution in [2.24, 2.45) is 0 Å². The van der Waals surface area contributed by atoms with Crippen LogP contribution in [0.3, 0.4) is 0 Å². The van der Waals surface area contributed by atoms with Crippen LogP contribution in [0.1, 0.15) is 24.4 Å². The van der Waals surface area contributed by atoms with Crippen molar-refractivity contribution in [3.63, 3.8) is 0 Å². The van der Waals surface area contributed by atoms with Gasteiger partial charge in [-0.2, -0.15) is 0 Å². The van der Waals surface area contributed by atoms with E-state index in [2.05, 4.69) is 17.4 Å². The lowest BCUT2D eigenvalue weighted by molar-refractivity contribution is 0.386. The molecule has 1 N–H and O–H groups in total. The molecule has 1 saturated heterocycles.